The highest BCUT2D eigenvalue weighted by Gasteiger charge is 2.24. The first-order valence-electron chi connectivity index (χ1n) is 31.3. The molecule has 6 aromatic heterocycles. The second-order valence-corrected chi connectivity index (χ2v) is 23.4. The first-order chi connectivity index (χ1) is 46.6. The highest BCUT2D eigenvalue weighted by molar-refractivity contribution is 6.20. The van der Waals surface area contributed by atoms with Crippen molar-refractivity contribution < 1.29 is 8.83 Å². The molecule has 0 N–H and O–H groups in total. The van der Waals surface area contributed by atoms with Gasteiger partial charge in [0.1, 0.15) is 22.3 Å². The van der Waals surface area contributed by atoms with Gasteiger partial charge in [0.25, 0.3) is 0 Å². The number of hydrogen-bond donors (Lipinski definition) is 0. The summed E-state index contributed by atoms with van der Waals surface area (Å²) in [5.41, 5.74) is 17.9. The molecule has 0 saturated heterocycles. The van der Waals surface area contributed by atoms with E-state index in [-0.39, 0.29) is 0 Å². The van der Waals surface area contributed by atoms with Crippen LogP contribution in [-0.2, 0) is 0 Å². The van der Waals surface area contributed by atoms with Gasteiger partial charge in [-0.15, -0.1) is 0 Å². The zero-order valence-electron chi connectivity index (χ0n) is 50.4. The largest absolute Gasteiger partial charge is 0.456 e. The van der Waals surface area contributed by atoms with Crippen LogP contribution >= 0.6 is 0 Å². The van der Waals surface area contributed by atoms with Crippen molar-refractivity contribution in [2.24, 2.45) is 0 Å². The van der Waals surface area contributed by atoms with E-state index in [1.165, 1.54) is 5.56 Å². The molecule has 0 atom stereocenters. The van der Waals surface area contributed by atoms with E-state index in [2.05, 4.69) is 221 Å². The zero-order chi connectivity index (χ0) is 62.1. The maximum absolute atomic E-state index is 6.43. The summed E-state index contributed by atoms with van der Waals surface area (Å²) in [5.74, 6) is 3.54. The Morgan fingerprint density at radius 2 is 0.543 bits per heavy atom. The SMILES string of the molecule is c1ccc(-c2ccc(-c3nc(-c4ccccc4)nc(-n4c5cc6oc7ccccc7c6cc5c5cccc(-c6ccccc6)c54)n3)cc2)cc1.c1ccc(-c2ccc(-c3nc(-c4ccccc4)nc(-n4c5ccccc5c5cc6c(cc54)oc4ccccc46)n3)cc2)cc1. The number of aromatic nitrogens is 8. The third kappa shape index (κ3) is 9.43. The molecule has 440 valence electrons. The van der Waals surface area contributed by atoms with Crippen LogP contribution < -0.4 is 0 Å². The van der Waals surface area contributed by atoms with Crippen LogP contribution in [0.25, 0.3) is 178 Å². The lowest BCUT2D eigenvalue weighted by Crippen LogP contribution is -2.07. The molecule has 0 spiro atoms. The molecule has 0 saturated carbocycles. The third-order valence-electron chi connectivity index (χ3n) is 17.8. The van der Waals surface area contributed by atoms with Crippen LogP contribution in [0.3, 0.4) is 0 Å². The van der Waals surface area contributed by atoms with Crippen LogP contribution in [0.2, 0.25) is 0 Å². The molecule has 0 fully saturated rings. The molecule has 10 heteroatoms. The number of benzene rings is 13. The van der Waals surface area contributed by atoms with Crippen molar-refractivity contribution in [3.63, 3.8) is 0 Å². The van der Waals surface area contributed by atoms with E-state index in [0.717, 1.165) is 138 Å². The Morgan fingerprint density at radius 3 is 1.02 bits per heavy atom. The van der Waals surface area contributed by atoms with E-state index in [4.69, 9.17) is 38.7 Å². The molecule has 0 unspecified atom stereocenters. The van der Waals surface area contributed by atoms with Crippen LogP contribution in [0.1, 0.15) is 0 Å². The van der Waals surface area contributed by atoms with Crippen LogP contribution in [0.15, 0.2) is 324 Å². The van der Waals surface area contributed by atoms with Gasteiger partial charge in [-0.25, -0.2) is 9.97 Å². The fourth-order valence-electron chi connectivity index (χ4n) is 13.2. The van der Waals surface area contributed by atoms with E-state index in [1.807, 2.05) is 103 Å². The van der Waals surface area contributed by atoms with Crippen molar-refractivity contribution in [2.45, 2.75) is 0 Å². The molecule has 19 rings (SSSR count). The van der Waals surface area contributed by atoms with Crippen LogP contribution in [-0.4, -0.2) is 39.0 Å². The Hall–Kier alpha value is -12.9. The standard InChI is InChI=1S/C45H28N4O.C39H24N4O/c1-4-13-29(14-5-1)30-23-25-33(26-24-30)44-46-43(32-17-8-3-9-18-32)47-45(48-44)49-39-28-41-38(35-19-10-11-22-40(35)50-41)27-37(39)36-21-12-20-34(42(36)49)31-15-6-2-7-16-31;1-3-11-25(12-4-1)26-19-21-28(22-20-26)38-40-37(27-13-5-2-6-14-27)41-39(42-38)43-33-17-9-7-15-29(33)31-23-32-30-16-8-10-18-35(30)44-36(32)24-34(31)43/h1-28H;1-24H. The lowest BCUT2D eigenvalue weighted by molar-refractivity contribution is 0.669. The summed E-state index contributed by atoms with van der Waals surface area (Å²) >= 11 is 0. The van der Waals surface area contributed by atoms with Crippen molar-refractivity contribution in [1.82, 2.24) is 39.0 Å². The summed E-state index contributed by atoms with van der Waals surface area (Å²) in [4.78, 5) is 30.6. The number of hydrogen-bond acceptors (Lipinski definition) is 8. The zero-order valence-corrected chi connectivity index (χ0v) is 50.4. The number of fused-ring (bicyclic) bond motifs is 12. The van der Waals surface area contributed by atoms with Crippen molar-refractivity contribution in [2.75, 3.05) is 0 Å². The molecule has 0 aliphatic rings. The maximum Gasteiger partial charge on any atom is 0.238 e. The van der Waals surface area contributed by atoms with Crippen molar-refractivity contribution in [3.8, 4) is 90.8 Å². The summed E-state index contributed by atoms with van der Waals surface area (Å²) in [5, 5.41) is 8.84. The Morgan fingerprint density at radius 1 is 0.202 bits per heavy atom. The fourth-order valence-corrected chi connectivity index (χ4v) is 13.2. The Bertz CT molecular complexity index is 6070. The number of nitrogens with zero attached hydrogens (tertiary/aromatic N) is 8. The van der Waals surface area contributed by atoms with E-state index in [0.29, 0.717) is 35.2 Å². The molecule has 19 aromatic rings. The Balaban J connectivity index is 0.000000139. The smallest absolute Gasteiger partial charge is 0.238 e. The van der Waals surface area contributed by atoms with Crippen LogP contribution in [0.5, 0.6) is 0 Å². The average Bonchev–Trinajstić information content (AvgIpc) is 1.58. The Labute approximate surface area is 538 Å². The van der Waals surface area contributed by atoms with E-state index in [9.17, 15) is 0 Å². The maximum atomic E-state index is 6.43. The predicted molar refractivity (Wildman–Crippen MR) is 381 cm³/mol. The molecule has 0 aliphatic heterocycles. The lowest BCUT2D eigenvalue weighted by Gasteiger charge is -2.13. The summed E-state index contributed by atoms with van der Waals surface area (Å²) < 4.78 is 17.1. The topological polar surface area (TPSA) is 113 Å². The molecule has 0 amide bonds. The summed E-state index contributed by atoms with van der Waals surface area (Å²) in [6.07, 6.45) is 0. The highest BCUT2D eigenvalue weighted by atomic mass is 16.3. The minimum Gasteiger partial charge on any atom is -0.456 e. The van der Waals surface area contributed by atoms with Crippen molar-refractivity contribution in [1.29, 1.82) is 0 Å². The molecule has 0 radical (unpaired) electrons. The number of para-hydroxylation sites is 4. The van der Waals surface area contributed by atoms with Crippen molar-refractivity contribution in [3.05, 3.63) is 315 Å². The van der Waals surface area contributed by atoms with Gasteiger partial charge in [0.2, 0.25) is 11.9 Å². The first kappa shape index (κ1) is 54.1. The Kier molecular flexibility index (Phi) is 13.0. The van der Waals surface area contributed by atoms with Gasteiger partial charge in [0.15, 0.2) is 23.3 Å². The quantitative estimate of drug-likeness (QED) is 0.140. The molecular weight excluding hydrogens is 1150 g/mol. The van der Waals surface area contributed by atoms with E-state index in [1.54, 1.807) is 0 Å². The fraction of sp³-hybridized carbons (Fsp3) is 0. The van der Waals surface area contributed by atoms with E-state index < -0.39 is 0 Å². The van der Waals surface area contributed by atoms with Gasteiger partial charge < -0.3 is 8.83 Å². The normalized spacial score (nSPS) is 11.6. The molecule has 13 aromatic carbocycles. The lowest BCUT2D eigenvalue weighted by atomic mass is 10.0. The van der Waals surface area contributed by atoms with Crippen molar-refractivity contribution >= 4 is 87.5 Å². The molecule has 6 heterocycles. The van der Waals surface area contributed by atoms with Gasteiger partial charge in [0, 0.05) is 83.0 Å². The van der Waals surface area contributed by atoms with Crippen LogP contribution in [0, 0.1) is 0 Å². The van der Waals surface area contributed by atoms with Gasteiger partial charge in [-0.1, -0.05) is 273 Å². The van der Waals surface area contributed by atoms with Gasteiger partial charge in [-0.3, -0.25) is 9.13 Å². The second kappa shape index (κ2) is 22.5. The molecule has 94 heavy (non-hydrogen) atoms. The third-order valence-corrected chi connectivity index (χ3v) is 17.8. The van der Waals surface area contributed by atoms with E-state index >= 15 is 0 Å². The van der Waals surface area contributed by atoms with Crippen LogP contribution in [0.4, 0.5) is 0 Å². The second-order valence-electron chi connectivity index (χ2n) is 23.4. The number of furan rings is 2. The molecular formula is C84H52N8O2. The predicted octanol–water partition coefficient (Wildman–Crippen LogP) is 21.4. The first-order valence-corrected chi connectivity index (χ1v) is 31.3. The van der Waals surface area contributed by atoms with Gasteiger partial charge in [0.05, 0.1) is 22.1 Å². The molecule has 0 bridgehead atoms. The number of rotatable bonds is 9. The van der Waals surface area contributed by atoms with Gasteiger partial charge in [-0.05, 0) is 58.1 Å². The minimum atomic E-state index is 0.542. The highest BCUT2D eigenvalue weighted by Crippen LogP contribution is 2.43. The summed E-state index contributed by atoms with van der Waals surface area (Å²) in [6, 6.07) is 108. The molecule has 10 nitrogen and oxygen atoms in total. The monoisotopic (exact) mass is 1200 g/mol. The summed E-state index contributed by atoms with van der Waals surface area (Å²) in [7, 11) is 0. The van der Waals surface area contributed by atoms with Gasteiger partial charge >= 0.3 is 0 Å². The van der Waals surface area contributed by atoms with Gasteiger partial charge in [-0.2, -0.15) is 19.9 Å². The molecule has 0 aliphatic carbocycles. The average molecular weight is 1210 g/mol. The minimum absolute atomic E-state index is 0.542. The summed E-state index contributed by atoms with van der Waals surface area (Å²) in [6.45, 7) is 0.